The SMILES string of the molecule is c1cncc(-c2ccc(-c3cc(-c4ccc(-c5cccnc5)cc4)cc(-c4ccc(-c5cccnc5)cc4)c3)cc2)c1. The molecule has 0 bridgehead atoms. The molecule has 3 aromatic heterocycles. The summed E-state index contributed by atoms with van der Waals surface area (Å²) in [5.74, 6) is 0. The van der Waals surface area contributed by atoms with Crippen molar-refractivity contribution < 1.29 is 0 Å². The van der Waals surface area contributed by atoms with Crippen LogP contribution in [0.3, 0.4) is 0 Å². The van der Waals surface area contributed by atoms with Crippen molar-refractivity contribution in [1.29, 1.82) is 0 Å². The van der Waals surface area contributed by atoms with E-state index in [-0.39, 0.29) is 0 Å². The fourth-order valence-corrected chi connectivity index (χ4v) is 5.29. The lowest BCUT2D eigenvalue weighted by Gasteiger charge is -2.13. The van der Waals surface area contributed by atoms with Crippen LogP contribution < -0.4 is 0 Å². The fourth-order valence-electron chi connectivity index (χ4n) is 5.29. The number of hydrogen-bond acceptors (Lipinski definition) is 3. The highest BCUT2D eigenvalue weighted by Gasteiger charge is 2.10. The fraction of sp³-hybridized carbons (Fsp3) is 0. The zero-order chi connectivity index (χ0) is 28.1. The van der Waals surface area contributed by atoms with Gasteiger partial charge in [0.15, 0.2) is 0 Å². The molecule has 0 spiro atoms. The number of aromatic nitrogens is 3. The molecule has 0 aliphatic rings. The van der Waals surface area contributed by atoms with Crippen LogP contribution in [-0.4, -0.2) is 15.0 Å². The van der Waals surface area contributed by atoms with Gasteiger partial charge in [0.2, 0.25) is 0 Å². The molecule has 4 aromatic carbocycles. The minimum atomic E-state index is 1.11. The van der Waals surface area contributed by atoms with Crippen molar-refractivity contribution in [1.82, 2.24) is 15.0 Å². The Hall–Kier alpha value is -5.67. The minimum Gasteiger partial charge on any atom is -0.264 e. The highest BCUT2D eigenvalue weighted by Crippen LogP contribution is 2.35. The molecule has 0 aliphatic heterocycles. The second-order valence-corrected chi connectivity index (χ2v) is 10.3. The molecule has 0 fully saturated rings. The highest BCUT2D eigenvalue weighted by atomic mass is 14.6. The third-order valence-corrected chi connectivity index (χ3v) is 7.57. The molecule has 42 heavy (non-hydrogen) atoms. The summed E-state index contributed by atoms with van der Waals surface area (Å²) in [5, 5.41) is 0. The summed E-state index contributed by atoms with van der Waals surface area (Å²) in [6, 6.07) is 45.2. The van der Waals surface area contributed by atoms with Crippen LogP contribution in [0.1, 0.15) is 0 Å². The summed E-state index contributed by atoms with van der Waals surface area (Å²) < 4.78 is 0. The second-order valence-electron chi connectivity index (χ2n) is 10.3. The molecule has 0 N–H and O–H groups in total. The lowest BCUT2D eigenvalue weighted by atomic mass is 9.91. The predicted octanol–water partition coefficient (Wildman–Crippen LogP) is 9.87. The van der Waals surface area contributed by atoms with Gasteiger partial charge in [0.1, 0.15) is 0 Å². The molecule has 0 unspecified atom stereocenters. The van der Waals surface area contributed by atoms with E-state index in [9.17, 15) is 0 Å². The summed E-state index contributed by atoms with van der Waals surface area (Å²) in [5.41, 5.74) is 13.8. The molecule has 0 saturated carbocycles. The third-order valence-electron chi connectivity index (χ3n) is 7.57. The van der Waals surface area contributed by atoms with E-state index in [2.05, 4.69) is 124 Å². The number of nitrogens with zero attached hydrogens (tertiary/aromatic N) is 3. The highest BCUT2D eigenvalue weighted by molar-refractivity contribution is 5.83. The van der Waals surface area contributed by atoms with E-state index in [1.807, 2.05) is 36.8 Å². The van der Waals surface area contributed by atoms with E-state index in [1.54, 1.807) is 18.6 Å². The summed E-state index contributed by atoms with van der Waals surface area (Å²) >= 11 is 0. The molecule has 0 radical (unpaired) electrons. The van der Waals surface area contributed by atoms with Gasteiger partial charge in [0, 0.05) is 37.2 Å². The summed E-state index contributed by atoms with van der Waals surface area (Å²) in [6.07, 6.45) is 11.1. The molecule has 0 aliphatic carbocycles. The van der Waals surface area contributed by atoms with E-state index >= 15 is 0 Å². The van der Waals surface area contributed by atoms with Crippen molar-refractivity contribution in [3.63, 3.8) is 0 Å². The van der Waals surface area contributed by atoms with Crippen LogP contribution in [0.25, 0.3) is 66.8 Å². The molecule has 7 aromatic rings. The molecule has 7 rings (SSSR count). The number of rotatable bonds is 6. The smallest absolute Gasteiger partial charge is 0.0346 e. The van der Waals surface area contributed by atoms with Gasteiger partial charge in [-0.1, -0.05) is 91.0 Å². The minimum absolute atomic E-state index is 1.11. The maximum atomic E-state index is 4.28. The molecule has 0 atom stereocenters. The number of benzene rings is 4. The van der Waals surface area contributed by atoms with Gasteiger partial charge in [-0.25, -0.2) is 0 Å². The van der Waals surface area contributed by atoms with Crippen LogP contribution in [0.5, 0.6) is 0 Å². The van der Waals surface area contributed by atoms with E-state index in [4.69, 9.17) is 0 Å². The van der Waals surface area contributed by atoms with Gasteiger partial charge >= 0.3 is 0 Å². The Labute approximate surface area is 245 Å². The van der Waals surface area contributed by atoms with Crippen molar-refractivity contribution in [2.75, 3.05) is 0 Å². The molecule has 3 heteroatoms. The van der Waals surface area contributed by atoms with Crippen molar-refractivity contribution >= 4 is 0 Å². The first-order chi connectivity index (χ1) is 20.8. The summed E-state index contributed by atoms with van der Waals surface area (Å²) in [7, 11) is 0. The summed E-state index contributed by atoms with van der Waals surface area (Å²) in [4.78, 5) is 12.8. The Morgan fingerprint density at radius 2 is 0.476 bits per heavy atom. The van der Waals surface area contributed by atoms with E-state index in [1.165, 1.54) is 33.4 Å². The molecule has 0 saturated heterocycles. The van der Waals surface area contributed by atoms with Gasteiger partial charge in [-0.05, 0) is 103 Å². The molecular formula is C39H27N3. The lowest BCUT2D eigenvalue weighted by molar-refractivity contribution is 1.33. The van der Waals surface area contributed by atoms with E-state index in [0.717, 1.165) is 33.4 Å². The Balaban J connectivity index is 1.29. The van der Waals surface area contributed by atoms with Crippen LogP contribution in [0.15, 0.2) is 165 Å². The van der Waals surface area contributed by atoms with Crippen molar-refractivity contribution in [2.45, 2.75) is 0 Å². The standard InChI is InChI=1S/C39H27N3/c1-4-34(25-40-19-1)28-7-13-31(14-8-28)37-22-38(32-15-9-29(10-16-32)35-5-2-20-41-26-35)24-39(23-37)33-17-11-30(12-18-33)36-6-3-21-42-27-36/h1-27H. The number of hydrogen-bond donors (Lipinski definition) is 0. The average molecular weight is 538 g/mol. The van der Waals surface area contributed by atoms with Crippen molar-refractivity contribution in [2.24, 2.45) is 0 Å². The van der Waals surface area contributed by atoms with Crippen molar-refractivity contribution in [3.05, 3.63) is 165 Å². The van der Waals surface area contributed by atoms with Crippen molar-refractivity contribution in [3.8, 4) is 66.8 Å². The van der Waals surface area contributed by atoms with Crippen LogP contribution in [0.4, 0.5) is 0 Å². The predicted molar refractivity (Wildman–Crippen MR) is 172 cm³/mol. The maximum absolute atomic E-state index is 4.28. The first-order valence-corrected chi connectivity index (χ1v) is 14.0. The molecule has 3 heterocycles. The van der Waals surface area contributed by atoms with Gasteiger partial charge in [-0.15, -0.1) is 0 Å². The summed E-state index contributed by atoms with van der Waals surface area (Å²) in [6.45, 7) is 0. The lowest BCUT2D eigenvalue weighted by Crippen LogP contribution is -1.88. The van der Waals surface area contributed by atoms with Crippen LogP contribution in [0.2, 0.25) is 0 Å². The monoisotopic (exact) mass is 537 g/mol. The van der Waals surface area contributed by atoms with Gasteiger partial charge in [-0.3, -0.25) is 15.0 Å². The van der Waals surface area contributed by atoms with Crippen LogP contribution in [0, 0.1) is 0 Å². The maximum Gasteiger partial charge on any atom is 0.0346 e. The average Bonchev–Trinajstić information content (AvgIpc) is 3.09. The Morgan fingerprint density at radius 1 is 0.238 bits per heavy atom. The Bertz CT molecular complexity index is 1670. The van der Waals surface area contributed by atoms with E-state index in [0.29, 0.717) is 0 Å². The zero-order valence-electron chi connectivity index (χ0n) is 22.9. The third kappa shape index (κ3) is 5.36. The van der Waals surface area contributed by atoms with Gasteiger partial charge in [-0.2, -0.15) is 0 Å². The topological polar surface area (TPSA) is 38.7 Å². The van der Waals surface area contributed by atoms with Crippen LogP contribution >= 0.6 is 0 Å². The molecular weight excluding hydrogens is 510 g/mol. The Morgan fingerprint density at radius 3 is 0.690 bits per heavy atom. The van der Waals surface area contributed by atoms with Crippen LogP contribution in [-0.2, 0) is 0 Å². The molecule has 198 valence electrons. The zero-order valence-corrected chi connectivity index (χ0v) is 22.9. The largest absolute Gasteiger partial charge is 0.264 e. The normalized spacial score (nSPS) is 10.9. The van der Waals surface area contributed by atoms with Gasteiger partial charge in [0.05, 0.1) is 0 Å². The number of pyridine rings is 3. The first-order valence-electron chi connectivity index (χ1n) is 14.0. The van der Waals surface area contributed by atoms with E-state index < -0.39 is 0 Å². The molecule has 3 nitrogen and oxygen atoms in total. The van der Waals surface area contributed by atoms with Gasteiger partial charge < -0.3 is 0 Å². The van der Waals surface area contributed by atoms with Gasteiger partial charge in [0.25, 0.3) is 0 Å². The quantitative estimate of drug-likeness (QED) is 0.212. The Kier molecular flexibility index (Phi) is 6.89. The molecule has 0 amide bonds. The second kappa shape index (κ2) is 11.4. The first kappa shape index (κ1) is 25.3.